The topological polar surface area (TPSA) is 85.3 Å². The fraction of sp³-hybridized carbons (Fsp3) is 0.214. The molecule has 36 heavy (non-hydrogen) atoms. The molecule has 1 aliphatic heterocycles. The van der Waals surface area contributed by atoms with Gasteiger partial charge in [-0.1, -0.05) is 54.1 Å². The van der Waals surface area contributed by atoms with E-state index in [4.69, 9.17) is 25.8 Å². The second-order valence-electron chi connectivity index (χ2n) is 8.17. The van der Waals surface area contributed by atoms with Crippen LogP contribution in [0.1, 0.15) is 22.7 Å². The number of ketones is 1. The first-order chi connectivity index (χ1) is 17.4. The number of carbonyl (C=O) groups is 2. The smallest absolute Gasteiger partial charge is 0.295 e. The van der Waals surface area contributed by atoms with Gasteiger partial charge in [0.1, 0.15) is 23.9 Å². The highest BCUT2D eigenvalue weighted by Gasteiger charge is 2.46. The standard InChI is InChI=1S/C28H26ClNO6/c1-34-15-14-30-25(19-8-11-21(12-9-19)36-17-18-6-4-3-5-7-18)24(27(32)28(30)33)26(31)22-16-20(29)10-13-23(22)35-2/h3-13,16,25,31H,14-15,17H2,1-2H3/b26-24+. The minimum atomic E-state index is -0.827. The van der Waals surface area contributed by atoms with Crippen molar-refractivity contribution in [3.63, 3.8) is 0 Å². The van der Waals surface area contributed by atoms with Gasteiger partial charge in [-0.15, -0.1) is 0 Å². The summed E-state index contributed by atoms with van der Waals surface area (Å²) in [4.78, 5) is 27.5. The third-order valence-corrected chi connectivity index (χ3v) is 6.17. The molecule has 0 radical (unpaired) electrons. The lowest BCUT2D eigenvalue weighted by Gasteiger charge is -2.25. The second-order valence-corrected chi connectivity index (χ2v) is 8.61. The number of ether oxygens (including phenoxy) is 3. The summed E-state index contributed by atoms with van der Waals surface area (Å²) >= 11 is 6.15. The summed E-state index contributed by atoms with van der Waals surface area (Å²) in [5.41, 5.74) is 1.85. The van der Waals surface area contributed by atoms with Crippen LogP contribution in [0.5, 0.6) is 11.5 Å². The highest BCUT2D eigenvalue weighted by Crippen LogP contribution is 2.41. The number of aliphatic hydroxyl groups excluding tert-OH is 1. The molecule has 1 unspecified atom stereocenters. The van der Waals surface area contributed by atoms with Gasteiger partial charge in [-0.25, -0.2) is 0 Å². The summed E-state index contributed by atoms with van der Waals surface area (Å²) in [6.07, 6.45) is 0. The van der Waals surface area contributed by atoms with Crippen LogP contribution in [-0.4, -0.2) is 49.1 Å². The molecule has 1 atom stereocenters. The molecule has 0 aromatic heterocycles. The normalized spacial score (nSPS) is 16.9. The number of aliphatic hydroxyl groups is 1. The molecule has 1 aliphatic rings. The highest BCUT2D eigenvalue weighted by molar-refractivity contribution is 6.46. The Bertz CT molecular complexity index is 1270. The van der Waals surface area contributed by atoms with Crippen LogP contribution in [0.25, 0.3) is 5.76 Å². The van der Waals surface area contributed by atoms with Gasteiger partial charge in [-0.3, -0.25) is 9.59 Å². The molecule has 1 amide bonds. The molecule has 186 valence electrons. The van der Waals surface area contributed by atoms with E-state index in [9.17, 15) is 14.7 Å². The lowest BCUT2D eigenvalue weighted by molar-refractivity contribution is -0.140. The van der Waals surface area contributed by atoms with Gasteiger partial charge >= 0.3 is 0 Å². The van der Waals surface area contributed by atoms with E-state index < -0.39 is 17.7 Å². The lowest BCUT2D eigenvalue weighted by atomic mass is 9.95. The Labute approximate surface area is 214 Å². The third-order valence-electron chi connectivity index (χ3n) is 5.94. The molecule has 1 heterocycles. The molecule has 1 saturated heterocycles. The van der Waals surface area contributed by atoms with Crippen molar-refractivity contribution in [1.29, 1.82) is 0 Å². The molecular weight excluding hydrogens is 482 g/mol. The fourth-order valence-electron chi connectivity index (χ4n) is 4.14. The monoisotopic (exact) mass is 507 g/mol. The molecule has 1 N–H and O–H groups in total. The van der Waals surface area contributed by atoms with Crippen molar-refractivity contribution >= 4 is 29.1 Å². The number of rotatable bonds is 9. The predicted octanol–water partition coefficient (Wildman–Crippen LogP) is 5.00. The number of likely N-dealkylation sites (tertiary alicyclic amines) is 1. The van der Waals surface area contributed by atoms with Crippen LogP contribution in [0.2, 0.25) is 5.02 Å². The number of Topliss-reactive ketones (excluding diaryl/α,β-unsaturated/α-hetero) is 1. The number of halogens is 1. The summed E-state index contributed by atoms with van der Waals surface area (Å²) < 4.78 is 16.4. The van der Waals surface area contributed by atoms with E-state index in [1.54, 1.807) is 36.4 Å². The molecule has 7 nitrogen and oxygen atoms in total. The molecule has 0 spiro atoms. The Balaban J connectivity index is 1.72. The number of hydrogen-bond donors (Lipinski definition) is 1. The van der Waals surface area contributed by atoms with Crippen molar-refractivity contribution < 1.29 is 28.9 Å². The lowest BCUT2D eigenvalue weighted by Crippen LogP contribution is -2.32. The Morgan fingerprint density at radius 2 is 1.72 bits per heavy atom. The van der Waals surface area contributed by atoms with Crippen molar-refractivity contribution in [2.45, 2.75) is 12.6 Å². The number of carbonyl (C=O) groups excluding carboxylic acids is 2. The molecule has 3 aromatic rings. The first-order valence-electron chi connectivity index (χ1n) is 11.3. The largest absolute Gasteiger partial charge is 0.507 e. The maximum atomic E-state index is 13.1. The van der Waals surface area contributed by atoms with E-state index in [-0.39, 0.29) is 30.0 Å². The fourth-order valence-corrected chi connectivity index (χ4v) is 4.32. The van der Waals surface area contributed by atoms with Gasteiger partial charge in [-0.05, 0) is 41.5 Å². The van der Waals surface area contributed by atoms with Gasteiger partial charge in [0.15, 0.2) is 0 Å². The quantitative estimate of drug-likeness (QED) is 0.249. The Kier molecular flexibility index (Phi) is 7.93. The maximum absolute atomic E-state index is 13.1. The van der Waals surface area contributed by atoms with Crippen LogP contribution in [-0.2, 0) is 20.9 Å². The van der Waals surface area contributed by atoms with Crippen LogP contribution in [0.3, 0.4) is 0 Å². The van der Waals surface area contributed by atoms with Gasteiger partial charge < -0.3 is 24.2 Å². The van der Waals surface area contributed by atoms with E-state index in [1.165, 1.54) is 25.2 Å². The van der Waals surface area contributed by atoms with E-state index in [1.807, 2.05) is 30.3 Å². The summed E-state index contributed by atoms with van der Waals surface area (Å²) in [5, 5.41) is 11.6. The van der Waals surface area contributed by atoms with E-state index in [0.717, 1.165) is 5.56 Å². The van der Waals surface area contributed by atoms with Crippen molar-refractivity contribution in [1.82, 2.24) is 4.90 Å². The number of nitrogens with zero attached hydrogens (tertiary/aromatic N) is 1. The Morgan fingerprint density at radius 1 is 1.00 bits per heavy atom. The van der Waals surface area contributed by atoms with Crippen molar-refractivity contribution in [2.24, 2.45) is 0 Å². The van der Waals surface area contributed by atoms with E-state index >= 15 is 0 Å². The number of amides is 1. The average molecular weight is 508 g/mol. The Hall–Kier alpha value is -3.81. The van der Waals surface area contributed by atoms with Gasteiger partial charge in [-0.2, -0.15) is 0 Å². The average Bonchev–Trinajstić information content (AvgIpc) is 3.16. The first kappa shape index (κ1) is 25.3. The molecule has 8 heteroatoms. The van der Waals surface area contributed by atoms with Gasteiger partial charge in [0, 0.05) is 18.7 Å². The number of benzene rings is 3. The number of hydrogen-bond acceptors (Lipinski definition) is 6. The molecule has 1 fully saturated rings. The molecule has 4 rings (SSSR count). The van der Waals surface area contributed by atoms with Crippen LogP contribution in [0.15, 0.2) is 78.4 Å². The first-order valence-corrected chi connectivity index (χ1v) is 11.7. The zero-order chi connectivity index (χ0) is 25.7. The minimum absolute atomic E-state index is 0.0466. The summed E-state index contributed by atoms with van der Waals surface area (Å²) in [6.45, 7) is 0.796. The maximum Gasteiger partial charge on any atom is 0.295 e. The molecule has 3 aromatic carbocycles. The number of methoxy groups -OCH3 is 2. The van der Waals surface area contributed by atoms with Crippen molar-refractivity contribution in [2.75, 3.05) is 27.4 Å². The Morgan fingerprint density at radius 3 is 2.39 bits per heavy atom. The van der Waals surface area contributed by atoms with Crippen LogP contribution in [0.4, 0.5) is 0 Å². The second kappa shape index (κ2) is 11.3. The predicted molar refractivity (Wildman–Crippen MR) is 136 cm³/mol. The summed E-state index contributed by atoms with van der Waals surface area (Å²) in [5.74, 6) is -0.914. The van der Waals surface area contributed by atoms with Crippen LogP contribution in [0, 0.1) is 0 Å². The molecule has 0 bridgehead atoms. The van der Waals surface area contributed by atoms with Gasteiger partial charge in [0.05, 0.1) is 30.9 Å². The van der Waals surface area contributed by atoms with Crippen molar-refractivity contribution in [3.8, 4) is 11.5 Å². The minimum Gasteiger partial charge on any atom is -0.507 e. The zero-order valence-corrected chi connectivity index (χ0v) is 20.7. The summed E-state index contributed by atoms with van der Waals surface area (Å²) in [7, 11) is 2.96. The molecular formula is C28H26ClNO6. The van der Waals surface area contributed by atoms with E-state index in [2.05, 4.69) is 0 Å². The summed E-state index contributed by atoms with van der Waals surface area (Å²) in [6, 6.07) is 20.7. The van der Waals surface area contributed by atoms with Gasteiger partial charge in [0.25, 0.3) is 11.7 Å². The third kappa shape index (κ3) is 5.22. The highest BCUT2D eigenvalue weighted by atomic mass is 35.5. The zero-order valence-electron chi connectivity index (χ0n) is 19.9. The van der Waals surface area contributed by atoms with Crippen molar-refractivity contribution in [3.05, 3.63) is 100 Å². The van der Waals surface area contributed by atoms with E-state index in [0.29, 0.717) is 28.7 Å². The van der Waals surface area contributed by atoms with Crippen LogP contribution >= 0.6 is 11.6 Å². The SMILES string of the molecule is COCCN1C(=O)C(=O)/C(=C(/O)c2cc(Cl)ccc2OC)C1c1ccc(OCc2ccccc2)cc1. The van der Waals surface area contributed by atoms with Crippen LogP contribution < -0.4 is 9.47 Å². The molecule has 0 saturated carbocycles. The van der Waals surface area contributed by atoms with Gasteiger partial charge in [0.2, 0.25) is 0 Å². The molecule has 0 aliphatic carbocycles.